The highest BCUT2D eigenvalue weighted by Crippen LogP contribution is 2.40. The van der Waals surface area contributed by atoms with E-state index >= 15 is 0 Å². The molecule has 3 rings (SSSR count). The van der Waals surface area contributed by atoms with Crippen LogP contribution in [-0.4, -0.2) is 4.98 Å². The van der Waals surface area contributed by atoms with Crippen molar-refractivity contribution in [1.29, 1.82) is 0 Å². The van der Waals surface area contributed by atoms with Crippen LogP contribution < -0.4 is 5.73 Å². The van der Waals surface area contributed by atoms with E-state index in [4.69, 9.17) is 5.73 Å². The fourth-order valence-corrected chi connectivity index (χ4v) is 2.12. The van der Waals surface area contributed by atoms with E-state index in [0.717, 1.165) is 5.52 Å². The molecule has 1 unspecified atom stereocenters. The molecule has 1 atom stereocenters. The second kappa shape index (κ2) is 3.31. The highest BCUT2D eigenvalue weighted by molar-refractivity contribution is 5.82. The lowest BCUT2D eigenvalue weighted by Crippen LogP contribution is -2.12. The number of nitrogens with zero attached hydrogens (tertiary/aromatic N) is 1. The summed E-state index contributed by atoms with van der Waals surface area (Å²) >= 11 is 0. The van der Waals surface area contributed by atoms with E-state index in [2.05, 4.69) is 17.1 Å². The minimum Gasteiger partial charge on any atom is -0.324 e. The van der Waals surface area contributed by atoms with Crippen LogP contribution in [0.5, 0.6) is 0 Å². The summed E-state index contributed by atoms with van der Waals surface area (Å²) in [5, 5.41) is 1.21. The van der Waals surface area contributed by atoms with Crippen LogP contribution in [0.15, 0.2) is 36.5 Å². The average Bonchev–Trinajstić information content (AvgIpc) is 3.11. The number of rotatable bonds is 2. The quantitative estimate of drug-likeness (QED) is 0.805. The van der Waals surface area contributed by atoms with Crippen LogP contribution >= 0.6 is 0 Å². The van der Waals surface area contributed by atoms with Gasteiger partial charge >= 0.3 is 0 Å². The molecule has 76 valence electrons. The van der Waals surface area contributed by atoms with Gasteiger partial charge in [-0.3, -0.25) is 4.98 Å². The van der Waals surface area contributed by atoms with Crippen molar-refractivity contribution in [1.82, 2.24) is 4.98 Å². The van der Waals surface area contributed by atoms with Gasteiger partial charge in [-0.2, -0.15) is 0 Å². The Hall–Kier alpha value is -1.41. The van der Waals surface area contributed by atoms with Gasteiger partial charge in [0.25, 0.3) is 0 Å². The number of aromatic nitrogens is 1. The van der Waals surface area contributed by atoms with Crippen LogP contribution in [0.3, 0.4) is 0 Å². The lowest BCUT2D eigenvalue weighted by Gasteiger charge is -2.12. The lowest BCUT2D eigenvalue weighted by atomic mass is 9.99. The van der Waals surface area contributed by atoms with Gasteiger partial charge in [0.2, 0.25) is 0 Å². The Bertz CT molecular complexity index is 483. The molecule has 2 aromatic rings. The van der Waals surface area contributed by atoms with Crippen LogP contribution in [0.4, 0.5) is 0 Å². The zero-order valence-corrected chi connectivity index (χ0v) is 8.56. The molecule has 0 radical (unpaired) electrons. The average molecular weight is 198 g/mol. The van der Waals surface area contributed by atoms with Crippen LogP contribution in [0.1, 0.15) is 24.4 Å². The zero-order valence-electron chi connectivity index (χ0n) is 8.56. The fourth-order valence-electron chi connectivity index (χ4n) is 2.12. The Morgan fingerprint density at radius 3 is 2.80 bits per heavy atom. The number of hydrogen-bond donors (Lipinski definition) is 1. The van der Waals surface area contributed by atoms with Gasteiger partial charge in [0.1, 0.15) is 0 Å². The van der Waals surface area contributed by atoms with Crippen LogP contribution in [-0.2, 0) is 0 Å². The van der Waals surface area contributed by atoms with E-state index in [9.17, 15) is 0 Å². The van der Waals surface area contributed by atoms with Crippen molar-refractivity contribution in [3.05, 3.63) is 42.1 Å². The topological polar surface area (TPSA) is 38.9 Å². The van der Waals surface area contributed by atoms with Crippen molar-refractivity contribution in [3.63, 3.8) is 0 Å². The fraction of sp³-hybridized carbons (Fsp3) is 0.308. The number of benzene rings is 1. The molecule has 0 saturated heterocycles. The molecule has 1 saturated carbocycles. The van der Waals surface area contributed by atoms with E-state index < -0.39 is 0 Å². The van der Waals surface area contributed by atoms with E-state index in [0.29, 0.717) is 5.92 Å². The molecule has 1 heterocycles. The van der Waals surface area contributed by atoms with Gasteiger partial charge in [0.15, 0.2) is 0 Å². The van der Waals surface area contributed by atoms with Crippen molar-refractivity contribution in [2.24, 2.45) is 11.7 Å². The third-order valence-corrected chi connectivity index (χ3v) is 3.17. The summed E-state index contributed by atoms with van der Waals surface area (Å²) in [4.78, 5) is 4.35. The van der Waals surface area contributed by atoms with E-state index in [1.54, 1.807) is 0 Å². The number of fused-ring (bicyclic) bond motifs is 1. The summed E-state index contributed by atoms with van der Waals surface area (Å²) in [7, 11) is 0. The van der Waals surface area contributed by atoms with Crippen LogP contribution in [0.25, 0.3) is 10.9 Å². The summed E-state index contributed by atoms with van der Waals surface area (Å²) in [6, 6.07) is 10.5. The number of pyridine rings is 1. The molecule has 0 bridgehead atoms. The second-order valence-electron chi connectivity index (χ2n) is 4.28. The van der Waals surface area contributed by atoms with Gasteiger partial charge in [-0.1, -0.05) is 18.2 Å². The first kappa shape index (κ1) is 8.86. The van der Waals surface area contributed by atoms with Crippen molar-refractivity contribution >= 4 is 10.9 Å². The molecule has 1 aliphatic rings. The molecule has 15 heavy (non-hydrogen) atoms. The molecule has 1 aromatic carbocycles. The standard InChI is InChI=1S/C13H14N2/c14-13(9-5-6-9)11-7-8-15-12-4-2-1-3-10(11)12/h1-4,7-9,13H,5-6,14H2. The maximum atomic E-state index is 6.24. The van der Waals surface area contributed by atoms with Gasteiger partial charge in [-0.05, 0) is 36.5 Å². The predicted octanol–water partition coefficient (Wildman–Crippen LogP) is 2.64. The minimum atomic E-state index is 0.192. The normalized spacial score (nSPS) is 17.9. The predicted molar refractivity (Wildman–Crippen MR) is 61.4 cm³/mol. The van der Waals surface area contributed by atoms with Crippen molar-refractivity contribution in [3.8, 4) is 0 Å². The molecule has 0 spiro atoms. The summed E-state index contributed by atoms with van der Waals surface area (Å²) in [6.45, 7) is 0. The van der Waals surface area contributed by atoms with Crippen LogP contribution in [0.2, 0.25) is 0 Å². The molecular weight excluding hydrogens is 184 g/mol. The van der Waals surface area contributed by atoms with E-state index in [1.807, 2.05) is 24.4 Å². The third kappa shape index (κ3) is 1.51. The Morgan fingerprint density at radius 2 is 2.00 bits per heavy atom. The van der Waals surface area contributed by atoms with Gasteiger partial charge in [-0.15, -0.1) is 0 Å². The minimum absolute atomic E-state index is 0.192. The highest BCUT2D eigenvalue weighted by atomic mass is 14.7. The Kier molecular flexibility index (Phi) is 1.96. The number of para-hydroxylation sites is 1. The SMILES string of the molecule is NC(c1ccnc2ccccc12)C1CC1. The summed E-state index contributed by atoms with van der Waals surface area (Å²) in [6.07, 6.45) is 4.41. The first-order valence-corrected chi connectivity index (χ1v) is 5.45. The highest BCUT2D eigenvalue weighted by Gasteiger charge is 2.30. The first-order valence-electron chi connectivity index (χ1n) is 5.45. The third-order valence-electron chi connectivity index (χ3n) is 3.17. The van der Waals surface area contributed by atoms with E-state index in [-0.39, 0.29) is 6.04 Å². The molecule has 0 amide bonds. The molecule has 2 nitrogen and oxygen atoms in total. The first-order chi connectivity index (χ1) is 7.36. The molecule has 1 fully saturated rings. The Balaban J connectivity index is 2.16. The molecule has 0 aliphatic heterocycles. The molecular formula is C13H14N2. The largest absolute Gasteiger partial charge is 0.324 e. The zero-order chi connectivity index (χ0) is 10.3. The Labute approximate surface area is 89.1 Å². The maximum Gasteiger partial charge on any atom is 0.0705 e. The summed E-state index contributed by atoms with van der Waals surface area (Å²) < 4.78 is 0. The van der Waals surface area contributed by atoms with Gasteiger partial charge in [-0.25, -0.2) is 0 Å². The molecule has 2 N–H and O–H groups in total. The monoisotopic (exact) mass is 198 g/mol. The van der Waals surface area contributed by atoms with Crippen molar-refractivity contribution in [2.75, 3.05) is 0 Å². The molecule has 1 aliphatic carbocycles. The number of hydrogen-bond acceptors (Lipinski definition) is 2. The maximum absolute atomic E-state index is 6.24. The lowest BCUT2D eigenvalue weighted by molar-refractivity contribution is 0.638. The van der Waals surface area contributed by atoms with Gasteiger partial charge in [0, 0.05) is 17.6 Å². The van der Waals surface area contributed by atoms with Crippen molar-refractivity contribution < 1.29 is 0 Å². The second-order valence-corrected chi connectivity index (χ2v) is 4.28. The molecule has 1 aromatic heterocycles. The summed E-state index contributed by atoms with van der Waals surface area (Å²) in [5.74, 6) is 0.691. The Morgan fingerprint density at radius 1 is 1.20 bits per heavy atom. The van der Waals surface area contributed by atoms with E-state index in [1.165, 1.54) is 23.8 Å². The van der Waals surface area contributed by atoms with Crippen LogP contribution in [0, 0.1) is 5.92 Å². The molecule has 2 heteroatoms. The van der Waals surface area contributed by atoms with Gasteiger partial charge < -0.3 is 5.73 Å². The number of nitrogens with two attached hydrogens (primary N) is 1. The smallest absolute Gasteiger partial charge is 0.0705 e. The van der Waals surface area contributed by atoms with Gasteiger partial charge in [0.05, 0.1) is 5.52 Å². The summed E-state index contributed by atoms with van der Waals surface area (Å²) in [5.41, 5.74) is 8.54. The van der Waals surface area contributed by atoms with Crippen molar-refractivity contribution in [2.45, 2.75) is 18.9 Å².